The Bertz CT molecular complexity index is 894. The van der Waals surface area contributed by atoms with Crippen LogP contribution in [0.4, 0.5) is 4.39 Å². The van der Waals surface area contributed by atoms with Gasteiger partial charge in [0.25, 0.3) is 5.91 Å². The number of aliphatic hydroxyl groups is 1. The summed E-state index contributed by atoms with van der Waals surface area (Å²) in [6, 6.07) is 2.82. The lowest BCUT2D eigenvalue weighted by Gasteiger charge is -2.57. The van der Waals surface area contributed by atoms with Gasteiger partial charge in [-0.25, -0.2) is 9.37 Å². The van der Waals surface area contributed by atoms with Crippen LogP contribution in [0.2, 0.25) is 0 Å². The molecule has 0 unspecified atom stereocenters. The van der Waals surface area contributed by atoms with E-state index >= 15 is 0 Å². The van der Waals surface area contributed by atoms with Gasteiger partial charge in [0, 0.05) is 13.2 Å². The normalized spacial score (nSPS) is 42.3. The van der Waals surface area contributed by atoms with E-state index in [2.05, 4.69) is 24.1 Å². The first-order chi connectivity index (χ1) is 16.2. The molecule has 1 amide bonds. The van der Waals surface area contributed by atoms with Crippen LogP contribution in [0, 0.1) is 46.7 Å². The molecule has 6 heteroatoms. The molecule has 0 aromatic carbocycles. The minimum Gasteiger partial charge on any atom is -0.387 e. The molecule has 1 heterocycles. The van der Waals surface area contributed by atoms with Gasteiger partial charge in [-0.1, -0.05) is 6.92 Å². The largest absolute Gasteiger partial charge is 0.387 e. The molecule has 188 valence electrons. The molecule has 0 radical (unpaired) electrons. The summed E-state index contributed by atoms with van der Waals surface area (Å²) < 4.78 is 18.5. The van der Waals surface area contributed by atoms with E-state index in [4.69, 9.17) is 4.74 Å². The van der Waals surface area contributed by atoms with Gasteiger partial charge in [-0.05, 0) is 118 Å². The molecule has 4 saturated carbocycles. The molecule has 0 bridgehead atoms. The Morgan fingerprint density at radius 2 is 1.97 bits per heavy atom. The summed E-state index contributed by atoms with van der Waals surface area (Å²) in [5.74, 6) is 3.50. The number of carbonyl (C=O) groups excluding carboxylic acids is 1. The first-order valence-electron chi connectivity index (χ1n) is 13.4. The number of pyridine rings is 1. The number of halogens is 1. The molecular formula is C28H41FN2O3. The Hall–Kier alpha value is -1.53. The number of carbonyl (C=O) groups is 1. The molecule has 34 heavy (non-hydrogen) atoms. The summed E-state index contributed by atoms with van der Waals surface area (Å²) in [5, 5.41) is 14.2. The van der Waals surface area contributed by atoms with E-state index in [0.717, 1.165) is 55.6 Å². The van der Waals surface area contributed by atoms with E-state index in [1.165, 1.54) is 44.2 Å². The van der Waals surface area contributed by atoms with Gasteiger partial charge in [0.1, 0.15) is 11.5 Å². The van der Waals surface area contributed by atoms with Gasteiger partial charge in [0.05, 0.1) is 18.4 Å². The van der Waals surface area contributed by atoms with Crippen molar-refractivity contribution in [1.29, 1.82) is 0 Å². The molecule has 5 nitrogen and oxygen atoms in total. The zero-order chi connectivity index (χ0) is 24.1. The highest BCUT2D eigenvalue weighted by Gasteiger charge is 2.58. The van der Waals surface area contributed by atoms with Crippen molar-refractivity contribution in [3.8, 4) is 0 Å². The van der Waals surface area contributed by atoms with Crippen molar-refractivity contribution in [2.24, 2.45) is 40.9 Å². The monoisotopic (exact) mass is 472 g/mol. The zero-order valence-electron chi connectivity index (χ0n) is 20.9. The number of amides is 1. The summed E-state index contributed by atoms with van der Waals surface area (Å²) in [5.41, 5.74) is -0.0968. The first kappa shape index (κ1) is 24.2. The third-order valence-electron chi connectivity index (χ3n) is 10.5. The lowest BCUT2D eigenvalue weighted by atomic mass is 9.48. The lowest BCUT2D eigenvalue weighted by molar-refractivity contribution is -0.125. The topological polar surface area (TPSA) is 71.5 Å². The van der Waals surface area contributed by atoms with Gasteiger partial charge >= 0.3 is 0 Å². The van der Waals surface area contributed by atoms with Crippen molar-refractivity contribution in [2.75, 3.05) is 13.7 Å². The fourth-order valence-corrected chi connectivity index (χ4v) is 9.12. The van der Waals surface area contributed by atoms with Crippen LogP contribution in [-0.2, 0) is 4.74 Å². The lowest BCUT2D eigenvalue weighted by Crippen LogP contribution is -2.53. The van der Waals surface area contributed by atoms with E-state index < -0.39 is 11.4 Å². The van der Waals surface area contributed by atoms with Crippen molar-refractivity contribution in [1.82, 2.24) is 10.3 Å². The highest BCUT2D eigenvalue weighted by molar-refractivity contribution is 5.92. The number of nitrogens with zero attached hydrogens (tertiary/aromatic N) is 1. The first-order valence-corrected chi connectivity index (χ1v) is 13.4. The van der Waals surface area contributed by atoms with E-state index in [-0.39, 0.29) is 23.1 Å². The van der Waals surface area contributed by atoms with E-state index in [1.54, 1.807) is 7.11 Å². The number of rotatable bonds is 5. The number of hydrogen-bond acceptors (Lipinski definition) is 4. The molecule has 0 saturated heterocycles. The molecule has 0 spiro atoms. The van der Waals surface area contributed by atoms with Crippen LogP contribution < -0.4 is 5.32 Å². The van der Waals surface area contributed by atoms with Crippen LogP contribution >= 0.6 is 0 Å². The summed E-state index contributed by atoms with van der Waals surface area (Å²) >= 11 is 0. The van der Waals surface area contributed by atoms with Gasteiger partial charge in [-0.2, -0.15) is 0 Å². The van der Waals surface area contributed by atoms with Gasteiger partial charge in [0.2, 0.25) is 0 Å². The Kier molecular flexibility index (Phi) is 6.52. The average Bonchev–Trinajstić information content (AvgIpc) is 3.16. The second kappa shape index (κ2) is 9.16. The third kappa shape index (κ3) is 4.19. The molecule has 5 rings (SSSR count). The predicted molar refractivity (Wildman–Crippen MR) is 129 cm³/mol. The summed E-state index contributed by atoms with van der Waals surface area (Å²) in [4.78, 5) is 16.7. The maximum absolute atomic E-state index is 13.2. The molecule has 1 aromatic heterocycles. The Morgan fingerprint density at radius 3 is 2.71 bits per heavy atom. The van der Waals surface area contributed by atoms with Crippen LogP contribution in [0.5, 0.6) is 0 Å². The molecule has 4 aliphatic carbocycles. The highest BCUT2D eigenvalue weighted by atomic mass is 19.1. The number of fused-ring (bicyclic) bond motifs is 5. The maximum Gasteiger partial charge on any atom is 0.270 e. The van der Waals surface area contributed by atoms with E-state index in [9.17, 15) is 14.3 Å². The number of nitrogens with one attached hydrogen (secondary N) is 1. The summed E-state index contributed by atoms with van der Waals surface area (Å²) in [6.45, 7) is 5.08. The Labute approximate surface area is 203 Å². The summed E-state index contributed by atoms with van der Waals surface area (Å²) in [6.07, 6.45) is 11.4. The van der Waals surface area contributed by atoms with E-state index in [1.807, 2.05) is 0 Å². The van der Waals surface area contributed by atoms with Crippen LogP contribution in [0.25, 0.3) is 0 Å². The smallest absolute Gasteiger partial charge is 0.270 e. The number of aromatic nitrogens is 1. The second-order valence-electron chi connectivity index (χ2n) is 12.2. The SMILES string of the molecule is COC[C@@]1(O)CC[C@H]2[C@H](CC[C@@H]3[C@@H]2CC[C@]2(C)[C@@H]([C@H](C)NC(=O)c4ccc(F)cn4)CC[C@@H]32)C1. The highest BCUT2D eigenvalue weighted by Crippen LogP contribution is 2.65. The molecule has 1 aromatic rings. The summed E-state index contributed by atoms with van der Waals surface area (Å²) in [7, 11) is 1.69. The van der Waals surface area contributed by atoms with Crippen LogP contribution in [0.15, 0.2) is 18.3 Å². The van der Waals surface area contributed by atoms with Crippen molar-refractivity contribution in [2.45, 2.75) is 83.3 Å². The second-order valence-corrected chi connectivity index (χ2v) is 12.2. The molecule has 0 aliphatic heterocycles. The van der Waals surface area contributed by atoms with Crippen molar-refractivity contribution >= 4 is 5.91 Å². The van der Waals surface area contributed by atoms with Crippen molar-refractivity contribution in [3.05, 3.63) is 29.8 Å². The average molecular weight is 473 g/mol. The molecule has 2 N–H and O–H groups in total. The molecule has 9 atom stereocenters. The molecule has 4 fully saturated rings. The number of methoxy groups -OCH3 is 1. The van der Waals surface area contributed by atoms with E-state index in [0.29, 0.717) is 18.4 Å². The number of hydrogen-bond donors (Lipinski definition) is 2. The van der Waals surface area contributed by atoms with Crippen LogP contribution in [0.1, 0.15) is 82.1 Å². The zero-order valence-corrected chi connectivity index (χ0v) is 20.9. The minimum atomic E-state index is -0.628. The minimum absolute atomic E-state index is 0.0703. The maximum atomic E-state index is 13.2. The quantitative estimate of drug-likeness (QED) is 0.634. The van der Waals surface area contributed by atoms with Gasteiger partial charge in [-0.3, -0.25) is 4.79 Å². The Balaban J connectivity index is 1.25. The molecule has 4 aliphatic rings. The predicted octanol–water partition coefficient (Wildman–Crippen LogP) is 4.99. The molecular weight excluding hydrogens is 431 g/mol. The van der Waals surface area contributed by atoms with Gasteiger partial charge in [0.15, 0.2) is 0 Å². The van der Waals surface area contributed by atoms with Crippen LogP contribution in [-0.4, -0.2) is 41.4 Å². The third-order valence-corrected chi connectivity index (χ3v) is 10.5. The van der Waals surface area contributed by atoms with Crippen LogP contribution in [0.3, 0.4) is 0 Å². The van der Waals surface area contributed by atoms with Gasteiger partial charge in [-0.15, -0.1) is 0 Å². The number of ether oxygens (including phenoxy) is 1. The Morgan fingerprint density at radius 1 is 1.18 bits per heavy atom. The fourth-order valence-electron chi connectivity index (χ4n) is 9.12. The van der Waals surface area contributed by atoms with Gasteiger partial charge < -0.3 is 15.2 Å². The standard InChI is InChI=1S/C28H41FN2O3/c1-17(31-26(32)25-9-5-19(29)15-30-25)23-7-8-24-22-6-4-18-14-28(33,16-34-3)13-11-20(18)21(22)10-12-27(23,24)2/h5,9,15,17-18,20-24,33H,4,6-8,10-14,16H2,1-3H3,(H,31,32)/t17-,18+,20-,21+,22+,23+,24-,27+,28+/m0/s1. The van der Waals surface area contributed by atoms with Crippen molar-refractivity contribution < 1.29 is 19.0 Å². The fraction of sp³-hybridized carbons (Fsp3) is 0.786. The van der Waals surface area contributed by atoms with Crippen molar-refractivity contribution in [3.63, 3.8) is 0 Å².